The van der Waals surface area contributed by atoms with Crippen molar-refractivity contribution in [3.8, 4) is 0 Å². The molecule has 1 heterocycles. The van der Waals surface area contributed by atoms with Gasteiger partial charge in [-0.15, -0.1) is 0 Å². The Labute approximate surface area is 123 Å². The summed E-state index contributed by atoms with van der Waals surface area (Å²) in [6.45, 7) is 3.61. The first-order valence-corrected chi connectivity index (χ1v) is 8.36. The maximum Gasteiger partial charge on any atom is 0.269 e. The molecule has 0 aliphatic carbocycles. The van der Waals surface area contributed by atoms with Crippen molar-refractivity contribution in [2.24, 2.45) is 5.92 Å². The van der Waals surface area contributed by atoms with E-state index in [1.54, 1.807) is 0 Å². The van der Waals surface area contributed by atoms with E-state index in [2.05, 4.69) is 10.0 Å². The summed E-state index contributed by atoms with van der Waals surface area (Å²) in [6.07, 6.45) is 2.02. The highest BCUT2D eigenvalue weighted by Crippen LogP contribution is 2.19. The van der Waals surface area contributed by atoms with Crippen molar-refractivity contribution in [1.29, 1.82) is 0 Å². The number of hydrogen-bond donors (Lipinski definition) is 2. The van der Waals surface area contributed by atoms with Crippen molar-refractivity contribution in [2.75, 3.05) is 13.1 Å². The highest BCUT2D eigenvalue weighted by atomic mass is 32.2. The van der Waals surface area contributed by atoms with Crippen LogP contribution in [0, 0.1) is 16.0 Å². The van der Waals surface area contributed by atoms with Crippen molar-refractivity contribution < 1.29 is 13.3 Å². The van der Waals surface area contributed by atoms with Gasteiger partial charge in [-0.3, -0.25) is 10.1 Å². The molecule has 0 amide bonds. The Morgan fingerprint density at radius 3 is 2.57 bits per heavy atom. The molecule has 8 heteroatoms. The van der Waals surface area contributed by atoms with Crippen LogP contribution in [-0.2, 0) is 10.0 Å². The predicted molar refractivity (Wildman–Crippen MR) is 78.5 cm³/mol. The van der Waals surface area contributed by atoms with Crippen molar-refractivity contribution in [3.63, 3.8) is 0 Å². The molecule has 1 aliphatic heterocycles. The molecule has 1 aromatic carbocycles. The molecule has 2 N–H and O–H groups in total. The quantitative estimate of drug-likeness (QED) is 0.629. The van der Waals surface area contributed by atoms with Gasteiger partial charge in [-0.25, -0.2) is 13.1 Å². The molecule has 0 saturated carbocycles. The molecule has 0 radical (unpaired) electrons. The minimum Gasteiger partial charge on any atom is -0.316 e. The second-order valence-corrected chi connectivity index (χ2v) is 6.98. The maximum atomic E-state index is 12.3. The van der Waals surface area contributed by atoms with Crippen molar-refractivity contribution >= 4 is 15.7 Å². The first-order valence-electron chi connectivity index (χ1n) is 6.87. The van der Waals surface area contributed by atoms with E-state index >= 15 is 0 Å². The lowest BCUT2D eigenvalue weighted by atomic mass is 9.94. The number of nitro groups is 1. The Morgan fingerprint density at radius 1 is 1.38 bits per heavy atom. The summed E-state index contributed by atoms with van der Waals surface area (Å²) in [6, 6.07) is 4.72. The maximum absolute atomic E-state index is 12.3. The molecule has 1 saturated heterocycles. The van der Waals surface area contributed by atoms with E-state index in [4.69, 9.17) is 0 Å². The summed E-state index contributed by atoms with van der Waals surface area (Å²) >= 11 is 0. The van der Waals surface area contributed by atoms with Crippen LogP contribution in [-0.4, -0.2) is 32.5 Å². The van der Waals surface area contributed by atoms with Crippen molar-refractivity contribution in [3.05, 3.63) is 34.4 Å². The lowest BCUT2D eigenvalue weighted by Gasteiger charge is -2.28. The third-order valence-electron chi connectivity index (χ3n) is 3.74. The monoisotopic (exact) mass is 313 g/mol. The number of hydrogen-bond acceptors (Lipinski definition) is 5. The highest BCUT2D eigenvalue weighted by molar-refractivity contribution is 7.89. The van der Waals surface area contributed by atoms with Gasteiger partial charge in [0.2, 0.25) is 10.0 Å². The van der Waals surface area contributed by atoms with Gasteiger partial charge in [0.05, 0.1) is 9.82 Å². The summed E-state index contributed by atoms with van der Waals surface area (Å²) in [5.74, 6) is 0.256. The molecule has 7 nitrogen and oxygen atoms in total. The smallest absolute Gasteiger partial charge is 0.269 e. The summed E-state index contributed by atoms with van der Waals surface area (Å²) < 4.78 is 27.2. The molecule has 0 aromatic heterocycles. The molecule has 0 bridgehead atoms. The first kappa shape index (κ1) is 15.9. The first-order chi connectivity index (χ1) is 9.90. The van der Waals surface area contributed by atoms with E-state index in [9.17, 15) is 18.5 Å². The van der Waals surface area contributed by atoms with Gasteiger partial charge in [0.25, 0.3) is 5.69 Å². The zero-order chi connectivity index (χ0) is 15.5. The lowest BCUT2D eigenvalue weighted by molar-refractivity contribution is -0.384. The molecule has 2 rings (SSSR count). The van der Waals surface area contributed by atoms with Gasteiger partial charge in [0, 0.05) is 18.2 Å². The van der Waals surface area contributed by atoms with Gasteiger partial charge in [-0.05, 0) is 50.9 Å². The van der Waals surface area contributed by atoms with Gasteiger partial charge < -0.3 is 5.32 Å². The van der Waals surface area contributed by atoms with E-state index < -0.39 is 14.9 Å². The molecule has 0 spiro atoms. The third-order valence-corrected chi connectivity index (χ3v) is 5.32. The largest absolute Gasteiger partial charge is 0.316 e. The average Bonchev–Trinajstić information content (AvgIpc) is 2.48. The molecule has 1 aromatic rings. The SMILES string of the molecule is CC(NS(=O)(=O)c1ccc([N+](=O)[O-])cc1)C1CCCNC1. The number of rotatable bonds is 5. The second-order valence-electron chi connectivity index (χ2n) is 5.27. The van der Waals surface area contributed by atoms with Gasteiger partial charge in [0.1, 0.15) is 0 Å². The van der Waals surface area contributed by atoms with E-state index in [0.717, 1.165) is 25.9 Å². The summed E-state index contributed by atoms with van der Waals surface area (Å²) in [7, 11) is -3.65. The number of nitrogens with zero attached hydrogens (tertiary/aromatic N) is 1. The Bertz CT molecular complexity index is 594. The lowest BCUT2D eigenvalue weighted by Crippen LogP contribution is -2.44. The van der Waals surface area contributed by atoms with E-state index in [-0.39, 0.29) is 22.5 Å². The minimum absolute atomic E-state index is 0.0451. The number of benzene rings is 1. The number of nitro benzene ring substituents is 1. The van der Waals surface area contributed by atoms with Crippen LogP contribution in [0.15, 0.2) is 29.2 Å². The molecule has 1 aliphatic rings. The third kappa shape index (κ3) is 3.99. The van der Waals surface area contributed by atoms with Crippen LogP contribution in [0.3, 0.4) is 0 Å². The fourth-order valence-corrected chi connectivity index (χ4v) is 3.77. The second kappa shape index (κ2) is 6.50. The normalized spacial score (nSPS) is 20.9. The Balaban J connectivity index is 2.08. The fraction of sp³-hybridized carbons (Fsp3) is 0.538. The summed E-state index contributed by atoms with van der Waals surface area (Å²) in [4.78, 5) is 10.1. The van der Waals surface area contributed by atoms with Crippen molar-refractivity contribution in [1.82, 2.24) is 10.0 Å². The zero-order valence-electron chi connectivity index (χ0n) is 11.8. The zero-order valence-corrected chi connectivity index (χ0v) is 12.6. The van der Waals surface area contributed by atoms with Crippen molar-refractivity contribution in [2.45, 2.75) is 30.7 Å². The minimum atomic E-state index is -3.65. The van der Waals surface area contributed by atoms with Crippen LogP contribution in [0.4, 0.5) is 5.69 Å². The number of piperidine rings is 1. The molecule has 2 atom stereocenters. The molecule has 2 unspecified atom stereocenters. The number of sulfonamides is 1. The van der Waals surface area contributed by atoms with Crippen LogP contribution in [0.25, 0.3) is 0 Å². The van der Waals surface area contributed by atoms with Gasteiger partial charge in [-0.1, -0.05) is 0 Å². The number of non-ortho nitro benzene ring substituents is 1. The van der Waals surface area contributed by atoms with E-state index in [1.807, 2.05) is 6.92 Å². The summed E-state index contributed by atoms with van der Waals surface area (Å²) in [5, 5.41) is 13.8. The fourth-order valence-electron chi connectivity index (χ4n) is 2.46. The molecule has 1 fully saturated rings. The van der Waals surface area contributed by atoms with Crippen LogP contribution in [0.2, 0.25) is 0 Å². The topological polar surface area (TPSA) is 101 Å². The Hall–Kier alpha value is -1.51. The molecular formula is C13H19N3O4S. The van der Waals surface area contributed by atoms with E-state index in [0.29, 0.717) is 0 Å². The Morgan fingerprint density at radius 2 is 2.05 bits per heavy atom. The highest BCUT2D eigenvalue weighted by Gasteiger charge is 2.25. The summed E-state index contributed by atoms with van der Waals surface area (Å²) in [5.41, 5.74) is -0.126. The predicted octanol–water partition coefficient (Wildman–Crippen LogP) is 1.26. The van der Waals surface area contributed by atoms with Gasteiger partial charge >= 0.3 is 0 Å². The van der Waals surface area contributed by atoms with E-state index in [1.165, 1.54) is 24.3 Å². The Kier molecular flexibility index (Phi) is 4.92. The van der Waals surface area contributed by atoms with Gasteiger partial charge in [0.15, 0.2) is 0 Å². The van der Waals surface area contributed by atoms with Crippen LogP contribution < -0.4 is 10.0 Å². The average molecular weight is 313 g/mol. The molecule has 21 heavy (non-hydrogen) atoms. The molecular weight excluding hydrogens is 294 g/mol. The standard InChI is InChI=1S/C13H19N3O4S/c1-10(11-3-2-8-14-9-11)15-21(19,20)13-6-4-12(5-7-13)16(17)18/h4-7,10-11,14-15H,2-3,8-9H2,1H3. The van der Waals surface area contributed by atoms with Crippen LogP contribution in [0.1, 0.15) is 19.8 Å². The molecule has 116 valence electrons. The number of nitrogens with one attached hydrogen (secondary N) is 2. The van der Waals surface area contributed by atoms with Crippen LogP contribution >= 0.6 is 0 Å². The van der Waals surface area contributed by atoms with Crippen LogP contribution in [0.5, 0.6) is 0 Å². The van der Waals surface area contributed by atoms with Gasteiger partial charge in [-0.2, -0.15) is 0 Å².